The minimum absolute atomic E-state index is 0.123. The van der Waals surface area contributed by atoms with E-state index in [1.165, 1.54) is 0 Å². The predicted octanol–water partition coefficient (Wildman–Crippen LogP) is 4.09. The van der Waals surface area contributed by atoms with Gasteiger partial charge in [-0.2, -0.15) is 5.26 Å². The number of hydrogen-bond acceptors (Lipinski definition) is 5. The van der Waals surface area contributed by atoms with Crippen molar-refractivity contribution < 1.29 is 14.9 Å². The van der Waals surface area contributed by atoms with Crippen LogP contribution in [0.1, 0.15) is 16.7 Å². The first-order valence-electron chi connectivity index (χ1n) is 9.94. The molecule has 154 valence electrons. The molecule has 0 bridgehead atoms. The van der Waals surface area contributed by atoms with E-state index in [-0.39, 0.29) is 6.73 Å². The highest BCUT2D eigenvalue weighted by Gasteiger charge is 2.27. The molecule has 2 atom stereocenters. The van der Waals surface area contributed by atoms with E-state index in [4.69, 9.17) is 9.78 Å². The molecule has 0 saturated carbocycles. The summed E-state index contributed by atoms with van der Waals surface area (Å²) in [6.07, 6.45) is -0.642. The van der Waals surface area contributed by atoms with E-state index in [2.05, 4.69) is 0 Å². The first-order valence-corrected chi connectivity index (χ1v) is 9.94. The SMILES string of the molecule is N#CC(O)C(Cc1ccccc1)N(COOCc1ccccc1)Cc1ccccc1. The molecule has 3 rings (SSSR count). The molecule has 3 aromatic carbocycles. The molecule has 0 spiro atoms. The molecule has 0 radical (unpaired) electrons. The zero-order chi connectivity index (χ0) is 21.0. The Labute approximate surface area is 177 Å². The molecule has 5 heteroatoms. The first-order chi connectivity index (χ1) is 14.8. The molecule has 0 saturated heterocycles. The minimum Gasteiger partial charge on any atom is -0.376 e. The topological polar surface area (TPSA) is 65.7 Å². The van der Waals surface area contributed by atoms with Gasteiger partial charge >= 0.3 is 0 Å². The molecular weight excluding hydrogens is 376 g/mol. The summed E-state index contributed by atoms with van der Waals surface area (Å²) in [4.78, 5) is 12.8. The summed E-state index contributed by atoms with van der Waals surface area (Å²) < 4.78 is 0. The van der Waals surface area contributed by atoms with Gasteiger partial charge < -0.3 is 5.11 Å². The largest absolute Gasteiger partial charge is 0.376 e. The number of nitriles is 1. The summed E-state index contributed by atoms with van der Waals surface area (Å²) in [5.74, 6) is 0. The fourth-order valence-corrected chi connectivity index (χ4v) is 3.25. The maximum Gasteiger partial charge on any atom is 0.156 e. The Morgan fingerprint density at radius 3 is 1.87 bits per heavy atom. The van der Waals surface area contributed by atoms with E-state index >= 15 is 0 Å². The number of hydrogen-bond donors (Lipinski definition) is 1. The lowest BCUT2D eigenvalue weighted by atomic mass is 10.00. The number of aliphatic hydroxyl groups is 1. The van der Waals surface area contributed by atoms with Gasteiger partial charge in [0.05, 0.1) is 12.1 Å². The molecule has 0 aliphatic rings. The minimum atomic E-state index is -1.16. The van der Waals surface area contributed by atoms with Crippen LogP contribution in [0.15, 0.2) is 91.0 Å². The van der Waals surface area contributed by atoms with E-state index in [9.17, 15) is 10.4 Å². The zero-order valence-corrected chi connectivity index (χ0v) is 16.8. The maximum atomic E-state index is 10.5. The van der Waals surface area contributed by atoms with Crippen molar-refractivity contribution in [1.82, 2.24) is 4.90 Å². The normalized spacial score (nSPS) is 13.0. The second-order valence-electron chi connectivity index (χ2n) is 7.06. The Morgan fingerprint density at radius 2 is 1.30 bits per heavy atom. The fourth-order valence-electron chi connectivity index (χ4n) is 3.25. The highest BCUT2D eigenvalue weighted by atomic mass is 17.2. The third-order valence-corrected chi connectivity index (χ3v) is 4.85. The van der Waals surface area contributed by atoms with Crippen molar-refractivity contribution in [3.05, 3.63) is 108 Å². The van der Waals surface area contributed by atoms with Gasteiger partial charge in [0.1, 0.15) is 13.3 Å². The van der Waals surface area contributed by atoms with E-state index in [1.807, 2.05) is 102 Å². The molecule has 0 heterocycles. The first kappa shape index (κ1) is 21.7. The lowest BCUT2D eigenvalue weighted by Gasteiger charge is -2.32. The van der Waals surface area contributed by atoms with E-state index in [0.29, 0.717) is 19.6 Å². The molecule has 0 aliphatic heterocycles. The zero-order valence-electron chi connectivity index (χ0n) is 16.8. The molecule has 30 heavy (non-hydrogen) atoms. The van der Waals surface area contributed by atoms with Crippen LogP contribution in [0.2, 0.25) is 0 Å². The Morgan fingerprint density at radius 1 is 0.767 bits per heavy atom. The summed E-state index contributed by atoms with van der Waals surface area (Å²) in [7, 11) is 0. The molecule has 0 fully saturated rings. The summed E-state index contributed by atoms with van der Waals surface area (Å²) >= 11 is 0. The van der Waals surface area contributed by atoms with Crippen LogP contribution in [0.5, 0.6) is 0 Å². The molecule has 0 amide bonds. The molecule has 3 aromatic rings. The number of benzene rings is 3. The summed E-state index contributed by atoms with van der Waals surface area (Å²) in [6, 6.07) is 31.0. The highest BCUT2D eigenvalue weighted by molar-refractivity contribution is 5.19. The van der Waals surface area contributed by atoms with Gasteiger partial charge in [0.25, 0.3) is 0 Å². The molecule has 0 aromatic heterocycles. The van der Waals surface area contributed by atoms with Gasteiger partial charge in [-0.1, -0.05) is 91.0 Å². The second kappa shape index (κ2) is 11.9. The van der Waals surface area contributed by atoms with Crippen LogP contribution < -0.4 is 0 Å². The van der Waals surface area contributed by atoms with Crippen molar-refractivity contribution in [2.75, 3.05) is 6.73 Å². The average Bonchev–Trinajstić information content (AvgIpc) is 2.81. The van der Waals surface area contributed by atoms with E-state index in [1.54, 1.807) is 0 Å². The van der Waals surface area contributed by atoms with E-state index < -0.39 is 12.1 Å². The predicted molar refractivity (Wildman–Crippen MR) is 115 cm³/mol. The van der Waals surface area contributed by atoms with Gasteiger partial charge in [-0.05, 0) is 23.1 Å². The lowest BCUT2D eigenvalue weighted by molar-refractivity contribution is -0.328. The fraction of sp³-hybridized carbons (Fsp3) is 0.240. The standard InChI is InChI=1S/C25H26N2O3/c26-17-25(28)24(16-21-10-4-1-5-11-21)27(18-22-12-6-2-7-13-22)20-30-29-19-23-14-8-3-9-15-23/h1-15,24-25,28H,16,18-20H2. The smallest absolute Gasteiger partial charge is 0.156 e. The summed E-state index contributed by atoms with van der Waals surface area (Å²) in [5, 5.41) is 19.9. The number of rotatable bonds is 11. The number of nitrogens with zero attached hydrogens (tertiary/aromatic N) is 2. The Hall–Kier alpha value is -3.01. The van der Waals surface area contributed by atoms with Gasteiger partial charge in [0.15, 0.2) is 6.10 Å². The summed E-state index contributed by atoms with van der Waals surface area (Å²) in [6.45, 7) is 0.966. The number of aliphatic hydroxyl groups excluding tert-OH is 1. The van der Waals surface area contributed by atoms with Crippen molar-refractivity contribution in [3.8, 4) is 6.07 Å². The Balaban J connectivity index is 1.70. The molecule has 0 aliphatic carbocycles. The van der Waals surface area contributed by atoms with Crippen LogP contribution in [-0.2, 0) is 29.3 Å². The van der Waals surface area contributed by atoms with Crippen molar-refractivity contribution in [1.29, 1.82) is 5.26 Å². The van der Waals surface area contributed by atoms with Crippen LogP contribution in [0.25, 0.3) is 0 Å². The monoisotopic (exact) mass is 402 g/mol. The molecule has 2 unspecified atom stereocenters. The van der Waals surface area contributed by atoms with Crippen LogP contribution in [0, 0.1) is 11.3 Å². The molecule has 5 nitrogen and oxygen atoms in total. The van der Waals surface area contributed by atoms with Gasteiger partial charge in [0, 0.05) is 6.54 Å². The van der Waals surface area contributed by atoms with Crippen molar-refractivity contribution in [2.24, 2.45) is 0 Å². The van der Waals surface area contributed by atoms with Crippen LogP contribution in [-0.4, -0.2) is 28.9 Å². The second-order valence-corrected chi connectivity index (χ2v) is 7.06. The third kappa shape index (κ3) is 6.80. The van der Waals surface area contributed by atoms with Crippen LogP contribution >= 0.6 is 0 Å². The Kier molecular flexibility index (Phi) is 8.58. The maximum absolute atomic E-state index is 10.5. The van der Waals surface area contributed by atoms with Gasteiger partial charge in [-0.3, -0.25) is 4.90 Å². The molecule has 1 N–H and O–H groups in total. The van der Waals surface area contributed by atoms with Gasteiger partial charge in [-0.15, -0.1) is 0 Å². The van der Waals surface area contributed by atoms with Crippen LogP contribution in [0.3, 0.4) is 0 Å². The summed E-state index contributed by atoms with van der Waals surface area (Å²) in [5.41, 5.74) is 3.11. The van der Waals surface area contributed by atoms with Crippen molar-refractivity contribution in [2.45, 2.75) is 31.7 Å². The van der Waals surface area contributed by atoms with Crippen LogP contribution in [0.4, 0.5) is 0 Å². The third-order valence-electron chi connectivity index (χ3n) is 4.85. The lowest BCUT2D eigenvalue weighted by Crippen LogP contribution is -2.45. The van der Waals surface area contributed by atoms with Gasteiger partial charge in [-0.25, -0.2) is 9.78 Å². The quantitative estimate of drug-likeness (QED) is 0.172. The van der Waals surface area contributed by atoms with E-state index in [0.717, 1.165) is 16.7 Å². The van der Waals surface area contributed by atoms with Crippen molar-refractivity contribution in [3.63, 3.8) is 0 Å². The Bertz CT molecular complexity index is 898. The van der Waals surface area contributed by atoms with Crippen molar-refractivity contribution >= 4 is 0 Å². The average molecular weight is 402 g/mol. The molecular formula is C25H26N2O3. The van der Waals surface area contributed by atoms with Gasteiger partial charge in [0.2, 0.25) is 0 Å². The highest BCUT2D eigenvalue weighted by Crippen LogP contribution is 2.17.